The van der Waals surface area contributed by atoms with Crippen LogP contribution in [0.3, 0.4) is 0 Å². The first-order chi connectivity index (χ1) is 18.9. The van der Waals surface area contributed by atoms with Crippen molar-refractivity contribution in [2.24, 2.45) is 0 Å². The molecule has 0 spiro atoms. The van der Waals surface area contributed by atoms with Gasteiger partial charge in [-0.05, 0) is 85.8 Å². The largest absolute Gasteiger partial charge is 0.508 e. The average Bonchev–Trinajstić information content (AvgIpc) is 2.96. The highest BCUT2D eigenvalue weighted by Crippen LogP contribution is 2.31. The predicted octanol–water partition coefficient (Wildman–Crippen LogP) is 4.58. The summed E-state index contributed by atoms with van der Waals surface area (Å²) in [5.74, 6) is 0.453. The van der Waals surface area contributed by atoms with Crippen LogP contribution in [0.5, 0.6) is 5.75 Å². The third-order valence-corrected chi connectivity index (χ3v) is 9.47. The van der Waals surface area contributed by atoms with Gasteiger partial charge in [-0.15, -0.1) is 0 Å². The lowest BCUT2D eigenvalue weighted by molar-refractivity contribution is 0.145. The van der Waals surface area contributed by atoms with Crippen LogP contribution in [0.4, 0.5) is 11.4 Å². The van der Waals surface area contributed by atoms with Crippen LogP contribution in [0.15, 0.2) is 77.7 Å². The van der Waals surface area contributed by atoms with Gasteiger partial charge in [-0.1, -0.05) is 37.3 Å². The third kappa shape index (κ3) is 6.75. The van der Waals surface area contributed by atoms with Crippen LogP contribution in [-0.4, -0.2) is 75.2 Å². The van der Waals surface area contributed by atoms with Gasteiger partial charge in [0, 0.05) is 56.7 Å². The van der Waals surface area contributed by atoms with E-state index in [2.05, 4.69) is 32.4 Å². The molecule has 1 atom stereocenters. The molecule has 3 aromatic rings. The first-order valence-electron chi connectivity index (χ1n) is 14.1. The minimum Gasteiger partial charge on any atom is -0.508 e. The number of sulfonamides is 1. The van der Waals surface area contributed by atoms with Gasteiger partial charge >= 0.3 is 0 Å². The lowest BCUT2D eigenvalue weighted by Gasteiger charge is -2.39. The van der Waals surface area contributed by atoms with Crippen molar-refractivity contribution in [2.45, 2.75) is 43.5 Å². The minimum absolute atomic E-state index is 0.260. The van der Waals surface area contributed by atoms with Gasteiger partial charge in [0.1, 0.15) is 5.75 Å². The first-order valence-corrected chi connectivity index (χ1v) is 15.6. The lowest BCUT2D eigenvalue weighted by Crippen LogP contribution is -2.50. The Hall–Kier alpha value is -3.07. The Morgan fingerprint density at radius 2 is 1.67 bits per heavy atom. The predicted molar refractivity (Wildman–Crippen MR) is 158 cm³/mol. The highest BCUT2D eigenvalue weighted by Gasteiger charge is 2.26. The zero-order chi connectivity index (χ0) is 27.2. The summed E-state index contributed by atoms with van der Waals surface area (Å²) < 4.78 is 27.9. The van der Waals surface area contributed by atoms with E-state index in [1.807, 2.05) is 36.4 Å². The van der Waals surface area contributed by atoms with Gasteiger partial charge < -0.3 is 10.0 Å². The van der Waals surface area contributed by atoms with Gasteiger partial charge in [0.15, 0.2) is 0 Å². The Morgan fingerprint density at radius 1 is 0.923 bits per heavy atom. The Balaban J connectivity index is 1.11. The van der Waals surface area contributed by atoms with Crippen molar-refractivity contribution >= 4 is 21.4 Å². The summed E-state index contributed by atoms with van der Waals surface area (Å²) in [6, 6.07) is 22.6. The molecule has 3 aromatic carbocycles. The van der Waals surface area contributed by atoms with Crippen molar-refractivity contribution in [2.75, 3.05) is 55.4 Å². The highest BCUT2D eigenvalue weighted by molar-refractivity contribution is 7.92. The van der Waals surface area contributed by atoms with E-state index in [0.717, 1.165) is 82.7 Å². The molecule has 0 unspecified atom stereocenters. The number of hydrogen-bond acceptors (Lipinski definition) is 6. The van der Waals surface area contributed by atoms with E-state index in [-0.39, 0.29) is 4.90 Å². The maximum atomic E-state index is 12.6. The second-order valence-corrected chi connectivity index (χ2v) is 12.3. The van der Waals surface area contributed by atoms with Crippen molar-refractivity contribution in [3.63, 3.8) is 0 Å². The van der Waals surface area contributed by atoms with Gasteiger partial charge in [0.2, 0.25) is 0 Å². The Bertz CT molecular complexity index is 1320. The number of fused-ring (bicyclic) bond motifs is 1. The third-order valence-electron chi connectivity index (χ3n) is 8.07. The average molecular weight is 549 g/mol. The van der Waals surface area contributed by atoms with E-state index in [9.17, 15) is 13.5 Å². The number of benzene rings is 3. The molecule has 1 saturated heterocycles. The molecule has 5 rings (SSSR count). The fourth-order valence-electron chi connectivity index (χ4n) is 5.90. The molecular formula is C31H40N4O3S. The van der Waals surface area contributed by atoms with E-state index in [4.69, 9.17) is 0 Å². The fraction of sp³-hybridized carbons (Fsp3) is 0.419. The molecule has 2 aliphatic rings. The molecule has 208 valence electrons. The topological polar surface area (TPSA) is 76.1 Å². The molecule has 1 aliphatic heterocycles. The SMILES string of the molecule is CCCN(CCN1CCN(c2ccc(NS(=O)(=O)c3ccccc3)cc2)CC1)[C@H]1CCc2c(O)cccc2C1. The molecule has 1 aliphatic carbocycles. The summed E-state index contributed by atoms with van der Waals surface area (Å²) in [5, 5.41) is 10.2. The lowest BCUT2D eigenvalue weighted by atomic mass is 9.87. The van der Waals surface area contributed by atoms with Gasteiger partial charge in [-0.3, -0.25) is 14.5 Å². The first kappa shape index (κ1) is 27.5. The van der Waals surface area contributed by atoms with Crippen molar-refractivity contribution in [1.29, 1.82) is 0 Å². The molecule has 8 heteroatoms. The van der Waals surface area contributed by atoms with Crippen molar-refractivity contribution in [3.8, 4) is 5.75 Å². The van der Waals surface area contributed by atoms with Crippen LogP contribution in [0.2, 0.25) is 0 Å². The zero-order valence-corrected chi connectivity index (χ0v) is 23.6. The van der Waals surface area contributed by atoms with Crippen molar-refractivity contribution < 1.29 is 13.5 Å². The summed E-state index contributed by atoms with van der Waals surface area (Å²) in [5.41, 5.74) is 4.13. The summed E-state index contributed by atoms with van der Waals surface area (Å²) in [4.78, 5) is 7.86. The number of phenolic OH excluding ortho intramolecular Hbond substituents is 1. The Labute approximate surface area is 233 Å². The van der Waals surface area contributed by atoms with Crippen molar-refractivity contribution in [1.82, 2.24) is 9.80 Å². The molecule has 7 nitrogen and oxygen atoms in total. The van der Waals surface area contributed by atoms with E-state index in [1.165, 1.54) is 5.56 Å². The van der Waals surface area contributed by atoms with Crippen LogP contribution in [0.25, 0.3) is 0 Å². The van der Waals surface area contributed by atoms with Crippen LogP contribution >= 0.6 is 0 Å². The van der Waals surface area contributed by atoms with Gasteiger partial charge in [0.05, 0.1) is 4.90 Å². The zero-order valence-electron chi connectivity index (χ0n) is 22.8. The number of anilines is 2. The number of phenols is 1. The smallest absolute Gasteiger partial charge is 0.261 e. The van der Waals surface area contributed by atoms with E-state index < -0.39 is 10.0 Å². The van der Waals surface area contributed by atoms with E-state index in [0.29, 0.717) is 17.5 Å². The quantitative estimate of drug-likeness (QED) is 0.386. The maximum Gasteiger partial charge on any atom is 0.261 e. The molecule has 0 amide bonds. The standard InChI is InChI=1S/C31H40N4O3S/c1-2-17-34(28-15-16-30-25(24-28)7-6-10-31(30)36)21-18-33-19-22-35(23-20-33)27-13-11-26(12-14-27)32-39(37,38)29-8-4-3-5-9-29/h3-14,28,32,36H,2,15-24H2,1H3/t28-/m0/s1. The molecule has 0 radical (unpaired) electrons. The number of nitrogens with one attached hydrogen (secondary N) is 1. The molecule has 2 N–H and O–H groups in total. The minimum atomic E-state index is -3.59. The molecule has 1 heterocycles. The van der Waals surface area contributed by atoms with Gasteiger partial charge in [-0.25, -0.2) is 8.42 Å². The van der Waals surface area contributed by atoms with E-state index in [1.54, 1.807) is 30.3 Å². The van der Waals surface area contributed by atoms with Crippen LogP contribution in [0, 0.1) is 0 Å². The summed E-state index contributed by atoms with van der Waals surface area (Å²) in [6.45, 7) is 9.46. The second kappa shape index (κ2) is 12.4. The second-order valence-electron chi connectivity index (χ2n) is 10.6. The van der Waals surface area contributed by atoms with Crippen LogP contribution < -0.4 is 9.62 Å². The van der Waals surface area contributed by atoms with Crippen LogP contribution in [-0.2, 0) is 22.9 Å². The number of aromatic hydroxyl groups is 1. The summed E-state index contributed by atoms with van der Waals surface area (Å²) >= 11 is 0. The summed E-state index contributed by atoms with van der Waals surface area (Å²) in [7, 11) is -3.59. The van der Waals surface area contributed by atoms with Gasteiger partial charge in [-0.2, -0.15) is 0 Å². The number of nitrogens with zero attached hydrogens (tertiary/aromatic N) is 3. The molecule has 0 bridgehead atoms. The highest BCUT2D eigenvalue weighted by atomic mass is 32.2. The maximum absolute atomic E-state index is 12.6. The number of piperazine rings is 1. The normalized spacial score (nSPS) is 18.2. The molecule has 0 saturated carbocycles. The molecule has 0 aromatic heterocycles. The van der Waals surface area contributed by atoms with E-state index >= 15 is 0 Å². The number of rotatable bonds is 10. The molecule has 1 fully saturated rings. The van der Waals surface area contributed by atoms with Gasteiger partial charge in [0.25, 0.3) is 10.0 Å². The Kier molecular flexibility index (Phi) is 8.75. The fourth-order valence-corrected chi connectivity index (χ4v) is 6.98. The molecule has 39 heavy (non-hydrogen) atoms. The Morgan fingerprint density at radius 3 is 2.38 bits per heavy atom. The van der Waals surface area contributed by atoms with Crippen LogP contribution in [0.1, 0.15) is 30.9 Å². The number of hydrogen-bond donors (Lipinski definition) is 2. The molecular weight excluding hydrogens is 508 g/mol. The van der Waals surface area contributed by atoms with Crippen molar-refractivity contribution in [3.05, 3.63) is 83.9 Å². The monoisotopic (exact) mass is 548 g/mol. The summed E-state index contributed by atoms with van der Waals surface area (Å²) in [6.07, 6.45) is 4.23.